The summed E-state index contributed by atoms with van der Waals surface area (Å²) in [5, 5.41) is 0. The smallest absolute Gasteiger partial charge is 0.211 e. The molecule has 0 N–H and O–H groups in total. The van der Waals surface area contributed by atoms with Gasteiger partial charge in [-0.25, -0.2) is 4.79 Å². The van der Waals surface area contributed by atoms with Crippen molar-refractivity contribution in [2.24, 2.45) is 4.99 Å². The first-order valence-electron chi connectivity index (χ1n) is 2.89. The van der Waals surface area contributed by atoms with Crippen molar-refractivity contribution in [3.8, 4) is 0 Å². The number of aryl methyl sites for hydroxylation is 1. The van der Waals surface area contributed by atoms with Crippen molar-refractivity contribution in [2.75, 3.05) is 0 Å². The summed E-state index contributed by atoms with van der Waals surface area (Å²) >= 11 is 0. The summed E-state index contributed by atoms with van der Waals surface area (Å²) in [5.41, 5.74) is 1.60. The second kappa shape index (κ2) is 2.95. The van der Waals surface area contributed by atoms with Crippen LogP contribution in [-0.4, -0.2) is 6.08 Å². The van der Waals surface area contributed by atoms with Crippen LogP contribution in [0.25, 0.3) is 0 Å². The number of hydrogen-bond acceptors (Lipinski definition) is 2. The molecule has 1 rings (SSSR count). The second-order valence-electron chi connectivity index (χ2n) is 1.92. The summed E-state index contributed by atoms with van der Waals surface area (Å²) in [5.74, 6) is 0. The molecule has 1 aromatic carbocycles. The average Bonchev–Trinajstić information content (AvgIpc) is 1.94. The van der Waals surface area contributed by atoms with Gasteiger partial charge in [-0.3, -0.25) is 0 Å². The topological polar surface area (TPSA) is 29.4 Å². The number of nitrogens with zero attached hydrogens (tertiary/aromatic N) is 1. The third-order valence-electron chi connectivity index (χ3n) is 1.22. The van der Waals surface area contributed by atoms with Crippen LogP contribution in [0, 0.1) is 13.0 Å². The van der Waals surface area contributed by atoms with E-state index in [0.29, 0.717) is 5.69 Å². The Morgan fingerprint density at radius 2 is 2.50 bits per heavy atom. The van der Waals surface area contributed by atoms with Crippen molar-refractivity contribution in [1.29, 1.82) is 0 Å². The highest BCUT2D eigenvalue weighted by molar-refractivity contribution is 5.52. The van der Waals surface area contributed by atoms with Crippen LogP contribution in [-0.2, 0) is 4.79 Å². The molecule has 0 aliphatic rings. The van der Waals surface area contributed by atoms with Crippen LogP contribution in [0.4, 0.5) is 5.69 Å². The van der Waals surface area contributed by atoms with Crippen LogP contribution >= 0.6 is 0 Å². The molecule has 0 atom stereocenters. The molecular weight excluding hydrogens is 126 g/mol. The fraction of sp³-hybridized carbons (Fsp3) is 0.125. The maximum Gasteiger partial charge on any atom is 0.240 e. The van der Waals surface area contributed by atoms with Gasteiger partial charge in [-0.15, -0.1) is 0 Å². The summed E-state index contributed by atoms with van der Waals surface area (Å²) in [4.78, 5) is 13.3. The van der Waals surface area contributed by atoms with Gasteiger partial charge >= 0.3 is 0 Å². The molecular formula is C8H6NO. The zero-order chi connectivity index (χ0) is 7.40. The summed E-state index contributed by atoms with van der Waals surface area (Å²) in [6, 6.07) is 8.09. The number of isocyanates is 1. The van der Waals surface area contributed by atoms with E-state index in [2.05, 4.69) is 11.1 Å². The number of benzene rings is 1. The van der Waals surface area contributed by atoms with E-state index in [1.807, 2.05) is 13.0 Å². The van der Waals surface area contributed by atoms with Crippen LogP contribution in [0.15, 0.2) is 23.2 Å². The molecule has 0 bridgehead atoms. The SMILES string of the molecule is Cc1cc[c]cc1N=C=O. The monoisotopic (exact) mass is 132 g/mol. The zero-order valence-corrected chi connectivity index (χ0v) is 5.59. The predicted molar refractivity (Wildman–Crippen MR) is 37.8 cm³/mol. The largest absolute Gasteiger partial charge is 0.240 e. The van der Waals surface area contributed by atoms with Crippen molar-refractivity contribution in [1.82, 2.24) is 0 Å². The lowest BCUT2D eigenvalue weighted by Gasteiger charge is -1.92. The summed E-state index contributed by atoms with van der Waals surface area (Å²) in [6.07, 6.45) is 1.48. The van der Waals surface area contributed by atoms with Gasteiger partial charge in [0, 0.05) is 0 Å². The van der Waals surface area contributed by atoms with E-state index < -0.39 is 0 Å². The van der Waals surface area contributed by atoms with E-state index in [1.54, 1.807) is 12.1 Å². The van der Waals surface area contributed by atoms with E-state index >= 15 is 0 Å². The summed E-state index contributed by atoms with van der Waals surface area (Å²) in [6.45, 7) is 1.88. The number of carbonyl (C=O) groups excluding carboxylic acids is 1. The molecule has 49 valence electrons. The number of rotatable bonds is 1. The van der Waals surface area contributed by atoms with E-state index in [-0.39, 0.29) is 0 Å². The van der Waals surface area contributed by atoms with E-state index in [9.17, 15) is 4.79 Å². The second-order valence-corrected chi connectivity index (χ2v) is 1.92. The number of aliphatic imine (C=N–C) groups is 1. The Morgan fingerprint density at radius 3 is 3.10 bits per heavy atom. The molecule has 1 radical (unpaired) electrons. The molecule has 0 aromatic heterocycles. The lowest BCUT2D eigenvalue weighted by molar-refractivity contribution is 0.565. The predicted octanol–water partition coefficient (Wildman–Crippen LogP) is 1.76. The third-order valence-corrected chi connectivity index (χ3v) is 1.22. The Balaban J connectivity index is 3.14. The first-order chi connectivity index (χ1) is 4.84. The summed E-state index contributed by atoms with van der Waals surface area (Å²) in [7, 11) is 0. The molecule has 0 aliphatic carbocycles. The van der Waals surface area contributed by atoms with Gasteiger partial charge in [-0.2, -0.15) is 4.99 Å². The highest BCUT2D eigenvalue weighted by atomic mass is 16.1. The van der Waals surface area contributed by atoms with Crippen molar-refractivity contribution in [3.63, 3.8) is 0 Å². The molecule has 2 nitrogen and oxygen atoms in total. The fourth-order valence-electron chi connectivity index (χ4n) is 0.669. The molecule has 10 heavy (non-hydrogen) atoms. The molecule has 0 aliphatic heterocycles. The lowest BCUT2D eigenvalue weighted by Crippen LogP contribution is -1.70. The molecule has 0 saturated heterocycles. The Bertz CT molecular complexity index is 274. The molecule has 1 aromatic rings. The standard InChI is InChI=1S/C8H6NO/c1-7-4-2-3-5-8(7)9-6-10/h2,4-5H,1H3. The van der Waals surface area contributed by atoms with Gasteiger partial charge in [0.05, 0.1) is 5.69 Å². The highest BCUT2D eigenvalue weighted by Gasteiger charge is 1.90. The Labute approximate surface area is 59.2 Å². The number of hydrogen-bond donors (Lipinski definition) is 0. The van der Waals surface area contributed by atoms with Gasteiger partial charge in [0.1, 0.15) is 0 Å². The third kappa shape index (κ3) is 1.30. The minimum atomic E-state index is 0.637. The van der Waals surface area contributed by atoms with E-state index in [1.165, 1.54) is 6.08 Å². The zero-order valence-electron chi connectivity index (χ0n) is 5.59. The molecule has 2 heteroatoms. The van der Waals surface area contributed by atoms with Crippen LogP contribution in [0.5, 0.6) is 0 Å². The molecule has 0 spiro atoms. The maximum absolute atomic E-state index is 9.82. The van der Waals surface area contributed by atoms with Gasteiger partial charge in [-0.1, -0.05) is 12.1 Å². The van der Waals surface area contributed by atoms with E-state index in [0.717, 1.165) is 5.56 Å². The van der Waals surface area contributed by atoms with Gasteiger partial charge in [-0.05, 0) is 24.6 Å². The van der Waals surface area contributed by atoms with Crippen LogP contribution < -0.4 is 0 Å². The van der Waals surface area contributed by atoms with Gasteiger partial charge in [0.25, 0.3) is 0 Å². The van der Waals surface area contributed by atoms with Crippen LogP contribution in [0.2, 0.25) is 0 Å². The Morgan fingerprint density at radius 1 is 1.70 bits per heavy atom. The van der Waals surface area contributed by atoms with Crippen molar-refractivity contribution in [3.05, 3.63) is 29.8 Å². The molecule has 0 unspecified atom stereocenters. The Hall–Kier alpha value is -1.40. The quantitative estimate of drug-likeness (QED) is 0.423. The Kier molecular flexibility index (Phi) is 1.98. The fourth-order valence-corrected chi connectivity index (χ4v) is 0.669. The highest BCUT2D eigenvalue weighted by Crippen LogP contribution is 2.14. The first-order valence-corrected chi connectivity index (χ1v) is 2.89. The van der Waals surface area contributed by atoms with Crippen molar-refractivity contribution >= 4 is 11.8 Å². The molecule has 0 amide bonds. The molecule has 0 heterocycles. The normalized spacial score (nSPS) is 8.50. The minimum Gasteiger partial charge on any atom is -0.211 e. The molecule has 0 fully saturated rings. The van der Waals surface area contributed by atoms with Gasteiger partial charge < -0.3 is 0 Å². The van der Waals surface area contributed by atoms with Crippen molar-refractivity contribution in [2.45, 2.75) is 6.92 Å². The van der Waals surface area contributed by atoms with Crippen LogP contribution in [0.3, 0.4) is 0 Å². The van der Waals surface area contributed by atoms with Gasteiger partial charge in [0.15, 0.2) is 0 Å². The van der Waals surface area contributed by atoms with E-state index in [4.69, 9.17) is 0 Å². The summed E-state index contributed by atoms with van der Waals surface area (Å²) < 4.78 is 0. The average molecular weight is 132 g/mol. The molecule has 0 saturated carbocycles. The lowest BCUT2D eigenvalue weighted by atomic mass is 10.2. The van der Waals surface area contributed by atoms with Crippen LogP contribution in [0.1, 0.15) is 5.56 Å². The van der Waals surface area contributed by atoms with Crippen molar-refractivity contribution < 1.29 is 4.79 Å². The first kappa shape index (κ1) is 6.72. The van der Waals surface area contributed by atoms with Gasteiger partial charge in [0.2, 0.25) is 6.08 Å². The minimum absolute atomic E-state index is 0.637. The maximum atomic E-state index is 9.82.